The Balaban J connectivity index is 1.95. The fraction of sp³-hybridized carbons (Fsp3) is 0.562. The first-order chi connectivity index (χ1) is 9.97. The van der Waals surface area contributed by atoms with Gasteiger partial charge in [0.1, 0.15) is 10.7 Å². The van der Waals surface area contributed by atoms with Crippen molar-refractivity contribution in [2.24, 2.45) is 5.41 Å². The van der Waals surface area contributed by atoms with Gasteiger partial charge < -0.3 is 5.11 Å². The smallest absolute Gasteiger partial charge is 0.355 e. The third kappa shape index (κ3) is 1.98. The average molecular weight is 302 g/mol. The van der Waals surface area contributed by atoms with Crippen LogP contribution in [-0.2, 0) is 12.8 Å². The van der Waals surface area contributed by atoms with Crippen LogP contribution in [0.1, 0.15) is 65.8 Å². The van der Waals surface area contributed by atoms with Gasteiger partial charge in [-0.2, -0.15) is 0 Å². The van der Waals surface area contributed by atoms with Crippen LogP contribution in [0.2, 0.25) is 0 Å². The number of hydrogen-bond acceptors (Lipinski definition) is 4. The van der Waals surface area contributed by atoms with Gasteiger partial charge in [-0.1, -0.05) is 13.8 Å². The predicted molar refractivity (Wildman–Crippen MR) is 82.2 cm³/mol. The van der Waals surface area contributed by atoms with Crippen LogP contribution >= 0.6 is 11.3 Å². The summed E-state index contributed by atoms with van der Waals surface area (Å²) in [5.74, 6) is 0.107. The topological polar surface area (TPSA) is 63.1 Å². The molecule has 2 aromatic rings. The van der Waals surface area contributed by atoms with Crippen molar-refractivity contribution >= 4 is 27.5 Å². The number of aryl methyl sites for hydroxylation is 2. The van der Waals surface area contributed by atoms with Crippen LogP contribution in [0, 0.1) is 5.41 Å². The summed E-state index contributed by atoms with van der Waals surface area (Å²) in [5, 5.41) is 10.4. The van der Waals surface area contributed by atoms with Crippen molar-refractivity contribution in [2.75, 3.05) is 0 Å². The van der Waals surface area contributed by atoms with E-state index in [2.05, 4.69) is 18.8 Å². The normalized spacial score (nSPS) is 23.0. The van der Waals surface area contributed by atoms with E-state index in [-0.39, 0.29) is 11.1 Å². The molecular formula is C16H18N2O2S. The van der Waals surface area contributed by atoms with Gasteiger partial charge in [0.15, 0.2) is 5.69 Å². The molecule has 1 unspecified atom stereocenters. The lowest BCUT2D eigenvalue weighted by Gasteiger charge is -2.11. The number of fused-ring (bicyclic) bond motifs is 3. The van der Waals surface area contributed by atoms with Gasteiger partial charge >= 0.3 is 5.97 Å². The highest BCUT2D eigenvalue weighted by molar-refractivity contribution is 7.18. The quantitative estimate of drug-likeness (QED) is 0.917. The molecule has 0 radical (unpaired) electrons. The first kappa shape index (κ1) is 13.2. The molecule has 2 heterocycles. The van der Waals surface area contributed by atoms with Gasteiger partial charge in [0.2, 0.25) is 0 Å². The standard InChI is InChI=1S/C16H18N2O2S/c1-16(2)7-9(16)13-17-12(15(19)20)11-8-5-3-4-6-10(8)21-14(11)18-13/h9H,3-7H2,1-2H3,(H,19,20). The Morgan fingerprint density at radius 2 is 2.00 bits per heavy atom. The average Bonchev–Trinajstić information content (AvgIpc) is 2.93. The Kier molecular flexibility index (Phi) is 2.67. The summed E-state index contributed by atoms with van der Waals surface area (Å²) in [4.78, 5) is 23.0. The SMILES string of the molecule is CC1(C)CC1c1nc(C(=O)O)c2c3c(sc2n1)CCCC3. The zero-order chi connectivity index (χ0) is 14.8. The van der Waals surface area contributed by atoms with E-state index in [0.29, 0.717) is 5.92 Å². The van der Waals surface area contributed by atoms with E-state index >= 15 is 0 Å². The third-order valence-corrected chi connectivity index (χ3v) is 6.05. The zero-order valence-electron chi connectivity index (χ0n) is 12.3. The van der Waals surface area contributed by atoms with Gasteiger partial charge in [0.25, 0.3) is 0 Å². The van der Waals surface area contributed by atoms with E-state index in [1.54, 1.807) is 11.3 Å². The molecule has 1 fully saturated rings. The number of rotatable bonds is 2. The number of aromatic nitrogens is 2. The Morgan fingerprint density at radius 3 is 2.67 bits per heavy atom. The van der Waals surface area contributed by atoms with Gasteiger partial charge in [0.05, 0.1) is 0 Å². The molecule has 21 heavy (non-hydrogen) atoms. The molecule has 0 spiro atoms. The van der Waals surface area contributed by atoms with E-state index in [0.717, 1.165) is 41.7 Å². The summed E-state index contributed by atoms with van der Waals surface area (Å²) in [5.41, 5.74) is 1.62. The van der Waals surface area contributed by atoms with Gasteiger partial charge in [0, 0.05) is 16.2 Å². The molecule has 5 heteroatoms. The van der Waals surface area contributed by atoms with E-state index in [9.17, 15) is 9.90 Å². The van der Waals surface area contributed by atoms with Crippen LogP contribution < -0.4 is 0 Å². The fourth-order valence-corrected chi connectivity index (χ4v) is 4.66. The highest BCUT2D eigenvalue weighted by Gasteiger charge is 2.49. The van der Waals surface area contributed by atoms with Gasteiger partial charge in [-0.05, 0) is 43.1 Å². The largest absolute Gasteiger partial charge is 0.476 e. The van der Waals surface area contributed by atoms with Crippen LogP contribution in [0.15, 0.2) is 0 Å². The summed E-state index contributed by atoms with van der Waals surface area (Å²) >= 11 is 1.68. The first-order valence-corrected chi connectivity index (χ1v) is 8.34. The summed E-state index contributed by atoms with van der Waals surface area (Å²) in [6, 6.07) is 0. The molecule has 0 aliphatic heterocycles. The molecule has 1 atom stereocenters. The molecule has 1 N–H and O–H groups in total. The minimum absolute atomic E-state index is 0.209. The molecule has 1 saturated carbocycles. The molecule has 0 saturated heterocycles. The molecule has 0 aromatic carbocycles. The maximum atomic E-state index is 11.7. The highest BCUT2D eigenvalue weighted by Crippen LogP contribution is 2.58. The molecular weight excluding hydrogens is 284 g/mol. The van der Waals surface area contributed by atoms with Crippen LogP contribution in [0.25, 0.3) is 10.2 Å². The second kappa shape index (κ2) is 4.26. The number of carbonyl (C=O) groups is 1. The lowest BCUT2D eigenvalue weighted by atomic mass is 9.96. The van der Waals surface area contributed by atoms with Crippen LogP contribution in [0.4, 0.5) is 0 Å². The molecule has 2 aliphatic carbocycles. The molecule has 0 amide bonds. The predicted octanol–water partition coefficient (Wildman–Crippen LogP) is 3.78. The number of nitrogens with zero attached hydrogens (tertiary/aromatic N) is 2. The van der Waals surface area contributed by atoms with Crippen molar-refractivity contribution in [3.8, 4) is 0 Å². The molecule has 4 rings (SSSR count). The van der Waals surface area contributed by atoms with E-state index < -0.39 is 5.97 Å². The molecule has 4 nitrogen and oxygen atoms in total. The van der Waals surface area contributed by atoms with Gasteiger partial charge in [-0.15, -0.1) is 11.3 Å². The number of carboxylic acid groups (broad SMARTS) is 1. The summed E-state index contributed by atoms with van der Waals surface area (Å²) in [6.45, 7) is 4.37. The van der Waals surface area contributed by atoms with Crippen LogP contribution in [0.5, 0.6) is 0 Å². The lowest BCUT2D eigenvalue weighted by molar-refractivity contribution is 0.0692. The van der Waals surface area contributed by atoms with Crippen molar-refractivity contribution in [1.82, 2.24) is 9.97 Å². The van der Waals surface area contributed by atoms with E-state index in [4.69, 9.17) is 4.98 Å². The molecule has 110 valence electrons. The second-order valence-corrected chi connectivity index (χ2v) is 7.96. The Labute approximate surface area is 127 Å². The number of hydrogen-bond donors (Lipinski definition) is 1. The maximum absolute atomic E-state index is 11.7. The summed E-state index contributed by atoms with van der Waals surface area (Å²) in [6.07, 6.45) is 5.39. The number of aromatic carboxylic acids is 1. The second-order valence-electron chi connectivity index (χ2n) is 6.87. The van der Waals surface area contributed by atoms with E-state index in [1.165, 1.54) is 16.9 Å². The molecule has 2 aliphatic rings. The zero-order valence-corrected chi connectivity index (χ0v) is 13.1. The maximum Gasteiger partial charge on any atom is 0.355 e. The number of thiophene rings is 1. The molecule has 2 aromatic heterocycles. The third-order valence-electron chi connectivity index (χ3n) is 4.86. The van der Waals surface area contributed by atoms with Crippen LogP contribution in [-0.4, -0.2) is 21.0 Å². The lowest BCUT2D eigenvalue weighted by Crippen LogP contribution is -2.08. The van der Waals surface area contributed by atoms with Crippen LogP contribution in [0.3, 0.4) is 0 Å². The highest BCUT2D eigenvalue weighted by atomic mass is 32.1. The van der Waals surface area contributed by atoms with Gasteiger partial charge in [-0.3, -0.25) is 0 Å². The Morgan fingerprint density at radius 1 is 1.29 bits per heavy atom. The van der Waals surface area contributed by atoms with E-state index in [1.807, 2.05) is 0 Å². The monoisotopic (exact) mass is 302 g/mol. The van der Waals surface area contributed by atoms with Crippen molar-refractivity contribution in [2.45, 2.75) is 51.9 Å². The first-order valence-electron chi connectivity index (χ1n) is 7.53. The van der Waals surface area contributed by atoms with Crippen molar-refractivity contribution in [1.29, 1.82) is 0 Å². The fourth-order valence-electron chi connectivity index (χ4n) is 3.39. The van der Waals surface area contributed by atoms with Crippen molar-refractivity contribution in [3.63, 3.8) is 0 Å². The van der Waals surface area contributed by atoms with Crippen molar-refractivity contribution in [3.05, 3.63) is 22.0 Å². The molecule has 0 bridgehead atoms. The Hall–Kier alpha value is -1.49. The minimum atomic E-state index is -0.923. The summed E-state index contributed by atoms with van der Waals surface area (Å²) in [7, 11) is 0. The minimum Gasteiger partial charge on any atom is -0.476 e. The van der Waals surface area contributed by atoms with Gasteiger partial charge in [-0.25, -0.2) is 14.8 Å². The van der Waals surface area contributed by atoms with Crippen molar-refractivity contribution < 1.29 is 9.90 Å². The number of carboxylic acids is 1. The Bertz CT molecular complexity index is 763. The summed E-state index contributed by atoms with van der Waals surface area (Å²) < 4.78 is 0.